The van der Waals surface area contributed by atoms with Crippen LogP contribution in [0.15, 0.2) is 58.5 Å². The van der Waals surface area contributed by atoms with Crippen LogP contribution < -0.4 is 0 Å². The summed E-state index contributed by atoms with van der Waals surface area (Å²) in [4.78, 5) is 9.09. The molecule has 1 atom stereocenters. The average molecular weight is 377 g/mol. The van der Waals surface area contributed by atoms with E-state index in [9.17, 15) is 10.2 Å². The summed E-state index contributed by atoms with van der Waals surface area (Å²) in [6.07, 6.45) is 0. The number of hydrogen-bond donors (Lipinski definition) is 2. The van der Waals surface area contributed by atoms with E-state index in [4.69, 9.17) is 0 Å². The van der Waals surface area contributed by atoms with Crippen molar-refractivity contribution in [2.45, 2.75) is 26.8 Å². The van der Waals surface area contributed by atoms with Crippen molar-refractivity contribution in [3.05, 3.63) is 59.7 Å². The van der Waals surface area contributed by atoms with Gasteiger partial charge in [-0.3, -0.25) is 9.98 Å². The van der Waals surface area contributed by atoms with Gasteiger partial charge in [-0.2, -0.15) is 0 Å². The Kier molecular flexibility index (Phi) is 7.69. The van der Waals surface area contributed by atoms with E-state index in [0.29, 0.717) is 6.54 Å². The van der Waals surface area contributed by atoms with Gasteiger partial charge in [0.2, 0.25) is 0 Å². The van der Waals surface area contributed by atoms with Crippen LogP contribution in [0.5, 0.6) is 11.5 Å². The van der Waals surface area contributed by atoms with Crippen LogP contribution in [0, 0.1) is 0 Å². The monoisotopic (exact) mass is 377 g/mol. The predicted molar refractivity (Wildman–Crippen MR) is 95.0 cm³/mol. The summed E-state index contributed by atoms with van der Waals surface area (Å²) in [6, 6.07) is 14.3. The van der Waals surface area contributed by atoms with Crippen LogP contribution >= 0.6 is 0 Å². The van der Waals surface area contributed by atoms with Crippen molar-refractivity contribution in [1.29, 1.82) is 0 Å². The number of phenolic OH excluding ortho intramolecular Hbond substituents is 2. The summed E-state index contributed by atoms with van der Waals surface area (Å²) in [6.45, 7) is 6.25. The Morgan fingerprint density at radius 2 is 1.33 bits per heavy atom. The standard InChI is InChI=1S/C19H22N2O2.Cu/c1-13(21-15(3)17-9-5-7-11-19(17)23)12-20-14(2)16-8-4-6-10-18(16)22;/h4-11,13,22-23H,12H2,1-3H3;/i;1+3. The van der Waals surface area contributed by atoms with Crippen LogP contribution in [-0.4, -0.2) is 34.2 Å². The molecule has 0 heterocycles. The third kappa shape index (κ3) is 5.22. The van der Waals surface area contributed by atoms with E-state index in [0.717, 1.165) is 22.6 Å². The first kappa shape index (κ1) is 19.9. The summed E-state index contributed by atoms with van der Waals surface area (Å²) < 4.78 is 0. The zero-order chi connectivity index (χ0) is 16.8. The van der Waals surface area contributed by atoms with Crippen LogP contribution in [-0.2, 0) is 17.1 Å². The van der Waals surface area contributed by atoms with Gasteiger partial charge in [0.25, 0.3) is 0 Å². The van der Waals surface area contributed by atoms with Crippen molar-refractivity contribution in [2.75, 3.05) is 6.54 Å². The molecule has 0 aliphatic heterocycles. The van der Waals surface area contributed by atoms with Gasteiger partial charge in [0.15, 0.2) is 0 Å². The van der Waals surface area contributed by atoms with E-state index in [1.807, 2.05) is 45.0 Å². The maximum absolute atomic E-state index is 9.85. The second kappa shape index (κ2) is 9.26. The molecular weight excluding hydrogens is 355 g/mol. The zero-order valence-electron chi connectivity index (χ0n) is 14.0. The number of para-hydroxylation sites is 2. The van der Waals surface area contributed by atoms with Crippen molar-refractivity contribution in [3.63, 3.8) is 0 Å². The van der Waals surface area contributed by atoms with Gasteiger partial charge in [0.05, 0.1) is 12.6 Å². The fraction of sp³-hybridized carbons (Fsp3) is 0.263. The normalized spacial score (nSPS) is 13.3. The van der Waals surface area contributed by atoms with Gasteiger partial charge in [-0.1, -0.05) is 24.3 Å². The van der Waals surface area contributed by atoms with Gasteiger partial charge in [-0.05, 0) is 45.0 Å². The number of phenols is 2. The van der Waals surface area contributed by atoms with Crippen molar-refractivity contribution in [3.8, 4) is 11.5 Å². The molecule has 2 N–H and O–H groups in total. The molecular formula is C19H22CuN2O2. The topological polar surface area (TPSA) is 65.2 Å². The Labute approximate surface area is 153 Å². The minimum atomic E-state index is -0.0181. The number of nitrogens with zero attached hydrogens (tertiary/aromatic N) is 2. The second-order valence-corrected chi connectivity index (χ2v) is 5.52. The molecule has 2 aromatic carbocycles. The number of aliphatic imine (C=N–C) groups is 2. The van der Waals surface area contributed by atoms with E-state index >= 15 is 0 Å². The number of aromatic hydroxyl groups is 2. The third-order valence-corrected chi connectivity index (χ3v) is 3.59. The molecule has 24 heavy (non-hydrogen) atoms. The zero-order valence-corrected chi connectivity index (χ0v) is 14.9. The SMILES string of the molecule is CC(=NCC(C)N=C(C)c1ccccc1O)c1ccccc1O.[67Cu]. The molecule has 0 aliphatic carbocycles. The van der Waals surface area contributed by atoms with E-state index in [2.05, 4.69) is 9.98 Å². The Bertz CT molecular complexity index is 742. The molecule has 0 saturated heterocycles. The van der Waals surface area contributed by atoms with Crippen LogP contribution in [0.1, 0.15) is 31.9 Å². The molecule has 5 heteroatoms. The molecule has 0 saturated carbocycles. The molecule has 4 nitrogen and oxygen atoms in total. The predicted octanol–water partition coefficient (Wildman–Crippen LogP) is 3.80. The third-order valence-electron chi connectivity index (χ3n) is 3.59. The maximum Gasteiger partial charge on any atom is 0.124 e. The van der Waals surface area contributed by atoms with Crippen LogP contribution in [0.2, 0.25) is 0 Å². The quantitative estimate of drug-likeness (QED) is 0.615. The molecule has 1 radical (unpaired) electrons. The summed E-state index contributed by atoms with van der Waals surface area (Å²) in [7, 11) is 0. The number of rotatable bonds is 5. The van der Waals surface area contributed by atoms with Crippen molar-refractivity contribution < 1.29 is 27.3 Å². The van der Waals surface area contributed by atoms with Crippen molar-refractivity contribution >= 4 is 11.4 Å². The minimum Gasteiger partial charge on any atom is -0.507 e. The summed E-state index contributed by atoms with van der Waals surface area (Å²) >= 11 is 0. The van der Waals surface area contributed by atoms with Crippen molar-refractivity contribution in [1.82, 2.24) is 0 Å². The van der Waals surface area contributed by atoms with Crippen LogP contribution in [0.25, 0.3) is 0 Å². The van der Waals surface area contributed by atoms with E-state index in [1.54, 1.807) is 24.3 Å². The van der Waals surface area contributed by atoms with Gasteiger partial charge >= 0.3 is 0 Å². The molecule has 0 amide bonds. The number of hydrogen-bond acceptors (Lipinski definition) is 4. The molecule has 0 aromatic heterocycles. The largest absolute Gasteiger partial charge is 0.507 e. The van der Waals surface area contributed by atoms with Gasteiger partial charge in [0, 0.05) is 39.6 Å². The van der Waals surface area contributed by atoms with Gasteiger partial charge in [-0.25, -0.2) is 0 Å². The molecule has 0 bridgehead atoms. The van der Waals surface area contributed by atoms with Crippen molar-refractivity contribution in [2.24, 2.45) is 9.98 Å². The fourth-order valence-electron chi connectivity index (χ4n) is 2.35. The maximum atomic E-state index is 9.85. The van der Waals surface area contributed by atoms with Crippen LogP contribution in [0.3, 0.4) is 0 Å². The molecule has 2 aromatic rings. The number of benzene rings is 2. The summed E-state index contributed by atoms with van der Waals surface area (Å²) in [5.41, 5.74) is 3.04. The Balaban J connectivity index is 0.00000288. The molecule has 1 unspecified atom stereocenters. The Hall–Kier alpha value is -2.10. The van der Waals surface area contributed by atoms with Gasteiger partial charge in [0.1, 0.15) is 11.5 Å². The summed E-state index contributed by atoms with van der Waals surface area (Å²) in [5, 5.41) is 19.7. The van der Waals surface area contributed by atoms with Gasteiger partial charge < -0.3 is 10.2 Å². The molecule has 131 valence electrons. The fourth-order valence-corrected chi connectivity index (χ4v) is 2.35. The Morgan fingerprint density at radius 1 is 0.875 bits per heavy atom. The molecule has 0 fully saturated rings. The van der Waals surface area contributed by atoms with Gasteiger partial charge in [-0.15, -0.1) is 0 Å². The Morgan fingerprint density at radius 3 is 1.83 bits per heavy atom. The first-order valence-electron chi connectivity index (χ1n) is 7.61. The smallest absolute Gasteiger partial charge is 0.124 e. The van der Waals surface area contributed by atoms with E-state index < -0.39 is 0 Å². The van der Waals surface area contributed by atoms with E-state index in [-0.39, 0.29) is 34.6 Å². The second-order valence-electron chi connectivity index (χ2n) is 5.52. The average Bonchev–Trinajstić information content (AvgIpc) is 2.53. The molecule has 0 aliphatic rings. The first-order valence-corrected chi connectivity index (χ1v) is 7.61. The first-order chi connectivity index (χ1) is 11.0. The molecule has 2 rings (SSSR count). The van der Waals surface area contributed by atoms with E-state index in [1.165, 1.54) is 0 Å². The minimum absolute atomic E-state index is 0. The van der Waals surface area contributed by atoms with Crippen LogP contribution in [0.4, 0.5) is 0 Å². The summed E-state index contributed by atoms with van der Waals surface area (Å²) in [5.74, 6) is 0.463. The molecule has 0 spiro atoms.